The number of hydrogen-bond donors (Lipinski definition) is 1. The third-order valence-corrected chi connectivity index (χ3v) is 4.22. The molecule has 1 N–H and O–H groups in total. The zero-order valence-electron chi connectivity index (χ0n) is 10.3. The maximum atomic E-state index is 3.70. The summed E-state index contributed by atoms with van der Waals surface area (Å²) in [5.41, 5.74) is 1.57. The first kappa shape index (κ1) is 12.1. The van der Waals surface area contributed by atoms with Gasteiger partial charge in [0.05, 0.1) is 0 Å². The van der Waals surface area contributed by atoms with E-state index in [9.17, 15) is 0 Å². The predicted molar refractivity (Wildman–Crippen MR) is 71.2 cm³/mol. The summed E-state index contributed by atoms with van der Waals surface area (Å²) in [4.78, 5) is 3.86. The number of aryl methyl sites for hydroxylation is 1. The second-order valence-corrected chi connectivity index (χ2v) is 5.86. The van der Waals surface area contributed by atoms with Crippen LogP contribution in [0.3, 0.4) is 0 Å². The van der Waals surface area contributed by atoms with Crippen molar-refractivity contribution in [1.82, 2.24) is 10.2 Å². The second kappa shape index (κ2) is 5.80. The van der Waals surface area contributed by atoms with Gasteiger partial charge in [-0.15, -0.1) is 11.3 Å². The Balaban J connectivity index is 1.79. The topological polar surface area (TPSA) is 15.3 Å². The Morgan fingerprint density at radius 2 is 2.38 bits per heavy atom. The normalized spacial score (nSPS) is 20.1. The molecule has 1 atom stereocenters. The smallest absolute Gasteiger partial charge is 0.0331 e. The fraction of sp³-hybridized carbons (Fsp3) is 0.692. The van der Waals surface area contributed by atoms with Gasteiger partial charge in [0.25, 0.3) is 0 Å². The van der Waals surface area contributed by atoms with Gasteiger partial charge < -0.3 is 10.2 Å². The van der Waals surface area contributed by atoms with Crippen LogP contribution in [0.5, 0.6) is 0 Å². The molecule has 0 aromatic carbocycles. The number of thiophene rings is 1. The van der Waals surface area contributed by atoms with Crippen LogP contribution in [0.15, 0.2) is 11.4 Å². The Morgan fingerprint density at radius 1 is 1.50 bits per heavy atom. The first-order valence-corrected chi connectivity index (χ1v) is 7.09. The van der Waals surface area contributed by atoms with Crippen molar-refractivity contribution in [2.45, 2.75) is 31.7 Å². The quantitative estimate of drug-likeness (QED) is 0.793. The van der Waals surface area contributed by atoms with Crippen LogP contribution in [-0.2, 0) is 6.42 Å². The van der Waals surface area contributed by atoms with E-state index in [4.69, 9.17) is 0 Å². The maximum absolute atomic E-state index is 3.70. The molecule has 0 amide bonds. The lowest BCUT2D eigenvalue weighted by Gasteiger charge is -2.24. The zero-order valence-corrected chi connectivity index (χ0v) is 11.1. The molecule has 3 heteroatoms. The van der Waals surface area contributed by atoms with Gasteiger partial charge in [0.2, 0.25) is 0 Å². The molecule has 0 radical (unpaired) electrons. The Hall–Kier alpha value is -0.380. The summed E-state index contributed by atoms with van der Waals surface area (Å²) in [5.74, 6) is 0. The Labute approximate surface area is 103 Å². The molecule has 0 aliphatic heterocycles. The third kappa shape index (κ3) is 3.06. The van der Waals surface area contributed by atoms with E-state index in [2.05, 4.69) is 35.8 Å². The van der Waals surface area contributed by atoms with E-state index in [1.54, 1.807) is 10.4 Å². The summed E-state index contributed by atoms with van der Waals surface area (Å²) in [6.07, 6.45) is 5.19. The molecule has 1 aliphatic rings. The van der Waals surface area contributed by atoms with Gasteiger partial charge in [-0.2, -0.15) is 0 Å². The first-order valence-electron chi connectivity index (χ1n) is 6.22. The second-order valence-electron chi connectivity index (χ2n) is 4.85. The van der Waals surface area contributed by atoms with Gasteiger partial charge >= 0.3 is 0 Å². The number of nitrogens with one attached hydrogen (secondary N) is 1. The highest BCUT2D eigenvalue weighted by Gasteiger charge is 2.19. The Kier molecular flexibility index (Phi) is 4.38. The third-order valence-electron chi connectivity index (χ3n) is 3.22. The van der Waals surface area contributed by atoms with E-state index in [1.165, 1.54) is 32.2 Å². The fourth-order valence-electron chi connectivity index (χ4n) is 2.37. The van der Waals surface area contributed by atoms with Gasteiger partial charge in [-0.25, -0.2) is 0 Å². The molecule has 1 unspecified atom stereocenters. The van der Waals surface area contributed by atoms with Crippen molar-refractivity contribution in [3.8, 4) is 0 Å². The van der Waals surface area contributed by atoms with Crippen molar-refractivity contribution >= 4 is 11.3 Å². The van der Waals surface area contributed by atoms with Crippen LogP contribution in [0.4, 0.5) is 0 Å². The van der Waals surface area contributed by atoms with Crippen LogP contribution in [0, 0.1) is 0 Å². The van der Waals surface area contributed by atoms with E-state index in [-0.39, 0.29) is 0 Å². The molecule has 0 saturated carbocycles. The minimum Gasteiger partial charge on any atom is -0.310 e. The van der Waals surface area contributed by atoms with Crippen molar-refractivity contribution in [3.05, 3.63) is 21.9 Å². The monoisotopic (exact) mass is 238 g/mol. The first-order chi connectivity index (χ1) is 7.77. The average molecular weight is 238 g/mol. The molecule has 2 nitrogen and oxygen atoms in total. The molecule has 1 aliphatic carbocycles. The summed E-state index contributed by atoms with van der Waals surface area (Å²) in [6, 6.07) is 2.93. The molecule has 1 aromatic rings. The van der Waals surface area contributed by atoms with E-state index in [1.807, 2.05) is 11.3 Å². The van der Waals surface area contributed by atoms with Crippen LogP contribution < -0.4 is 5.32 Å². The fourth-order valence-corrected chi connectivity index (χ4v) is 3.36. The lowest BCUT2D eigenvalue weighted by atomic mass is 9.94. The number of rotatable bonds is 5. The minimum absolute atomic E-state index is 0.622. The molecule has 16 heavy (non-hydrogen) atoms. The van der Waals surface area contributed by atoms with Crippen LogP contribution >= 0.6 is 11.3 Å². The molecule has 1 heterocycles. The lowest BCUT2D eigenvalue weighted by molar-refractivity contribution is 0.379. The van der Waals surface area contributed by atoms with Gasteiger partial charge in [-0.1, -0.05) is 0 Å². The van der Waals surface area contributed by atoms with E-state index < -0.39 is 0 Å². The molecular formula is C13H22N2S. The molecule has 2 rings (SSSR count). The number of nitrogens with zero attached hydrogens (tertiary/aromatic N) is 1. The molecule has 0 bridgehead atoms. The van der Waals surface area contributed by atoms with Gasteiger partial charge in [0.1, 0.15) is 0 Å². The summed E-state index contributed by atoms with van der Waals surface area (Å²) < 4.78 is 0. The van der Waals surface area contributed by atoms with E-state index in [0.717, 1.165) is 6.54 Å². The predicted octanol–water partition coefficient (Wildman–Crippen LogP) is 2.67. The largest absolute Gasteiger partial charge is 0.310 e. The minimum atomic E-state index is 0.622. The average Bonchev–Trinajstić information content (AvgIpc) is 2.72. The molecule has 0 fully saturated rings. The summed E-state index contributed by atoms with van der Waals surface area (Å²) in [7, 11) is 4.27. The summed E-state index contributed by atoms with van der Waals surface area (Å²) in [5, 5.41) is 5.94. The van der Waals surface area contributed by atoms with Gasteiger partial charge in [0, 0.05) is 10.9 Å². The van der Waals surface area contributed by atoms with Crippen molar-refractivity contribution in [2.24, 2.45) is 0 Å². The standard InChI is InChI=1S/C13H22N2S/c1-15(2)9-4-8-14-12-5-3-6-13-11(12)7-10-16-13/h7,10,12,14H,3-6,8-9H2,1-2H3. The number of fused-ring (bicyclic) bond motifs is 1. The van der Waals surface area contributed by atoms with E-state index >= 15 is 0 Å². The molecular weight excluding hydrogens is 216 g/mol. The highest BCUT2D eigenvalue weighted by molar-refractivity contribution is 7.10. The SMILES string of the molecule is CN(C)CCCNC1CCCc2sccc21. The van der Waals surface area contributed by atoms with Crippen LogP contribution in [0.2, 0.25) is 0 Å². The van der Waals surface area contributed by atoms with Gasteiger partial charge in [-0.05, 0) is 69.9 Å². The van der Waals surface area contributed by atoms with Gasteiger partial charge in [0.15, 0.2) is 0 Å². The molecule has 1 aromatic heterocycles. The molecule has 0 saturated heterocycles. The van der Waals surface area contributed by atoms with E-state index in [0.29, 0.717) is 6.04 Å². The zero-order chi connectivity index (χ0) is 11.4. The van der Waals surface area contributed by atoms with Crippen molar-refractivity contribution < 1.29 is 0 Å². The highest BCUT2D eigenvalue weighted by atomic mass is 32.1. The van der Waals surface area contributed by atoms with Crippen LogP contribution in [-0.4, -0.2) is 32.1 Å². The van der Waals surface area contributed by atoms with Crippen molar-refractivity contribution in [1.29, 1.82) is 0 Å². The summed E-state index contributed by atoms with van der Waals surface area (Å²) in [6.45, 7) is 2.31. The van der Waals surface area contributed by atoms with Crippen LogP contribution in [0.1, 0.15) is 35.7 Å². The Morgan fingerprint density at radius 3 is 3.19 bits per heavy atom. The summed E-state index contributed by atoms with van der Waals surface area (Å²) >= 11 is 1.92. The molecule has 0 spiro atoms. The number of hydrogen-bond acceptors (Lipinski definition) is 3. The Bertz CT molecular complexity index is 319. The molecule has 90 valence electrons. The lowest BCUT2D eigenvalue weighted by Crippen LogP contribution is -2.27. The van der Waals surface area contributed by atoms with Crippen LogP contribution in [0.25, 0.3) is 0 Å². The van der Waals surface area contributed by atoms with Crippen molar-refractivity contribution in [3.63, 3.8) is 0 Å². The maximum Gasteiger partial charge on any atom is 0.0331 e. The van der Waals surface area contributed by atoms with Crippen molar-refractivity contribution in [2.75, 3.05) is 27.2 Å². The van der Waals surface area contributed by atoms with Gasteiger partial charge in [-0.3, -0.25) is 0 Å². The highest BCUT2D eigenvalue weighted by Crippen LogP contribution is 2.32.